The van der Waals surface area contributed by atoms with Gasteiger partial charge in [0, 0.05) is 13.7 Å². The van der Waals surface area contributed by atoms with Crippen LogP contribution in [-0.2, 0) is 19.0 Å². The van der Waals surface area contributed by atoms with E-state index in [0.717, 1.165) is 38.7 Å². The molecule has 0 saturated heterocycles. The SMILES string of the molecule is CCOC(=O)C(C)(N)CCCCOC1CCCC(OC)C1. The molecule has 0 amide bonds. The van der Waals surface area contributed by atoms with Crippen molar-refractivity contribution in [3.05, 3.63) is 0 Å². The molecule has 1 saturated carbocycles. The first-order chi connectivity index (χ1) is 9.99. The maximum absolute atomic E-state index is 11.7. The largest absolute Gasteiger partial charge is 0.465 e. The maximum Gasteiger partial charge on any atom is 0.325 e. The molecule has 0 aromatic carbocycles. The lowest BCUT2D eigenvalue weighted by atomic mass is 9.94. The Hall–Kier alpha value is -0.650. The Morgan fingerprint density at radius 1 is 1.29 bits per heavy atom. The van der Waals surface area contributed by atoms with E-state index in [1.165, 1.54) is 6.42 Å². The molecule has 0 bridgehead atoms. The van der Waals surface area contributed by atoms with Crippen LogP contribution in [0.3, 0.4) is 0 Å². The van der Waals surface area contributed by atoms with Gasteiger partial charge >= 0.3 is 5.97 Å². The van der Waals surface area contributed by atoms with Crippen LogP contribution in [-0.4, -0.2) is 44.0 Å². The summed E-state index contributed by atoms with van der Waals surface area (Å²) < 4.78 is 16.3. The topological polar surface area (TPSA) is 70.8 Å². The van der Waals surface area contributed by atoms with Crippen LogP contribution in [0.15, 0.2) is 0 Å². The highest BCUT2D eigenvalue weighted by atomic mass is 16.5. The summed E-state index contributed by atoms with van der Waals surface area (Å²) in [7, 11) is 1.77. The molecule has 0 spiro atoms. The lowest BCUT2D eigenvalue weighted by Crippen LogP contribution is -2.46. The normalized spacial score (nSPS) is 25.3. The smallest absolute Gasteiger partial charge is 0.325 e. The highest BCUT2D eigenvalue weighted by Gasteiger charge is 2.29. The molecule has 0 aliphatic heterocycles. The number of carbonyl (C=O) groups excluding carboxylic acids is 1. The quantitative estimate of drug-likeness (QED) is 0.523. The van der Waals surface area contributed by atoms with E-state index >= 15 is 0 Å². The van der Waals surface area contributed by atoms with Crippen molar-refractivity contribution in [2.75, 3.05) is 20.3 Å². The van der Waals surface area contributed by atoms with Crippen LogP contribution < -0.4 is 5.73 Å². The van der Waals surface area contributed by atoms with Crippen LogP contribution in [0.5, 0.6) is 0 Å². The third kappa shape index (κ3) is 6.76. The minimum atomic E-state index is -0.887. The number of carbonyl (C=O) groups is 1. The molecular weight excluding hydrogens is 270 g/mol. The van der Waals surface area contributed by atoms with Crippen molar-refractivity contribution in [1.82, 2.24) is 0 Å². The number of hydrogen-bond acceptors (Lipinski definition) is 5. The van der Waals surface area contributed by atoms with Gasteiger partial charge in [0.2, 0.25) is 0 Å². The monoisotopic (exact) mass is 301 g/mol. The second-order valence-corrected chi connectivity index (χ2v) is 6.11. The highest BCUT2D eigenvalue weighted by molar-refractivity contribution is 5.79. The molecule has 0 aromatic rings. The summed E-state index contributed by atoms with van der Waals surface area (Å²) in [6, 6.07) is 0. The molecule has 1 aliphatic carbocycles. The van der Waals surface area contributed by atoms with Crippen molar-refractivity contribution in [1.29, 1.82) is 0 Å². The molecule has 5 nitrogen and oxygen atoms in total. The third-order valence-corrected chi connectivity index (χ3v) is 4.10. The Morgan fingerprint density at radius 3 is 2.67 bits per heavy atom. The number of hydrogen-bond donors (Lipinski definition) is 1. The van der Waals surface area contributed by atoms with E-state index in [1.807, 2.05) is 0 Å². The Bertz CT molecular complexity index is 307. The third-order valence-electron chi connectivity index (χ3n) is 4.10. The zero-order chi connectivity index (χ0) is 15.7. The van der Waals surface area contributed by atoms with Gasteiger partial charge in [0.25, 0.3) is 0 Å². The van der Waals surface area contributed by atoms with Crippen LogP contribution in [0.25, 0.3) is 0 Å². The first-order valence-corrected chi connectivity index (χ1v) is 8.10. The number of unbranched alkanes of at least 4 members (excludes halogenated alkanes) is 1. The minimum Gasteiger partial charge on any atom is -0.465 e. The van der Waals surface area contributed by atoms with Gasteiger partial charge < -0.3 is 19.9 Å². The summed E-state index contributed by atoms with van der Waals surface area (Å²) in [5.41, 5.74) is 5.09. The Balaban J connectivity index is 2.12. The standard InChI is InChI=1S/C16H31NO4/c1-4-20-15(18)16(2,17)10-5-6-11-21-14-9-7-8-13(12-14)19-3/h13-14H,4-12,17H2,1-3H3. The van der Waals surface area contributed by atoms with Crippen molar-refractivity contribution < 1.29 is 19.0 Å². The van der Waals surface area contributed by atoms with Gasteiger partial charge in [-0.05, 0) is 58.8 Å². The molecule has 124 valence electrons. The van der Waals surface area contributed by atoms with Crippen molar-refractivity contribution in [3.63, 3.8) is 0 Å². The van der Waals surface area contributed by atoms with Crippen LogP contribution in [0, 0.1) is 0 Å². The summed E-state index contributed by atoms with van der Waals surface area (Å²) in [5, 5.41) is 0. The predicted octanol–water partition coefficient (Wildman–Crippen LogP) is 2.41. The predicted molar refractivity (Wildman–Crippen MR) is 82.1 cm³/mol. The van der Waals surface area contributed by atoms with Gasteiger partial charge in [-0.25, -0.2) is 0 Å². The van der Waals surface area contributed by atoms with Gasteiger partial charge in [0.15, 0.2) is 0 Å². The van der Waals surface area contributed by atoms with Gasteiger partial charge in [-0.3, -0.25) is 4.79 Å². The zero-order valence-corrected chi connectivity index (χ0v) is 13.7. The summed E-state index contributed by atoms with van der Waals surface area (Å²) in [6.07, 6.45) is 7.50. The summed E-state index contributed by atoms with van der Waals surface area (Å²) in [4.78, 5) is 11.7. The van der Waals surface area contributed by atoms with Crippen LogP contribution in [0.4, 0.5) is 0 Å². The van der Waals surface area contributed by atoms with E-state index in [4.69, 9.17) is 19.9 Å². The molecule has 0 radical (unpaired) electrons. The number of methoxy groups -OCH3 is 1. The fourth-order valence-corrected chi connectivity index (χ4v) is 2.71. The van der Waals surface area contributed by atoms with E-state index in [2.05, 4.69) is 0 Å². The summed E-state index contributed by atoms with van der Waals surface area (Å²) >= 11 is 0. The highest BCUT2D eigenvalue weighted by Crippen LogP contribution is 2.23. The lowest BCUT2D eigenvalue weighted by molar-refractivity contribution is -0.149. The van der Waals surface area contributed by atoms with Gasteiger partial charge in [-0.15, -0.1) is 0 Å². The molecule has 0 heterocycles. The number of esters is 1. The maximum atomic E-state index is 11.7. The van der Waals surface area contributed by atoms with E-state index in [9.17, 15) is 4.79 Å². The Labute approximate surface area is 128 Å². The molecule has 21 heavy (non-hydrogen) atoms. The minimum absolute atomic E-state index is 0.318. The number of ether oxygens (including phenoxy) is 3. The second kappa shape index (κ2) is 9.38. The summed E-state index contributed by atoms with van der Waals surface area (Å²) in [5.74, 6) is -0.318. The van der Waals surface area contributed by atoms with Crippen molar-refractivity contribution >= 4 is 5.97 Å². The van der Waals surface area contributed by atoms with Crippen LogP contribution in [0.2, 0.25) is 0 Å². The molecule has 1 fully saturated rings. The number of nitrogens with two attached hydrogens (primary N) is 1. The lowest BCUT2D eigenvalue weighted by Gasteiger charge is -2.28. The van der Waals surface area contributed by atoms with Gasteiger partial charge in [0.1, 0.15) is 5.54 Å². The molecule has 1 aliphatic rings. The van der Waals surface area contributed by atoms with E-state index in [0.29, 0.717) is 25.2 Å². The first kappa shape index (κ1) is 18.4. The fraction of sp³-hybridized carbons (Fsp3) is 0.938. The van der Waals surface area contributed by atoms with Crippen LogP contribution >= 0.6 is 0 Å². The second-order valence-electron chi connectivity index (χ2n) is 6.11. The van der Waals surface area contributed by atoms with E-state index in [-0.39, 0.29) is 5.97 Å². The molecule has 3 atom stereocenters. The molecule has 0 aromatic heterocycles. The molecular formula is C16H31NO4. The Kier molecular flexibility index (Phi) is 8.22. The van der Waals surface area contributed by atoms with E-state index in [1.54, 1.807) is 21.0 Å². The molecule has 3 unspecified atom stereocenters. The van der Waals surface area contributed by atoms with Crippen molar-refractivity contribution in [3.8, 4) is 0 Å². The van der Waals surface area contributed by atoms with Gasteiger partial charge in [0.05, 0.1) is 18.8 Å². The summed E-state index contributed by atoms with van der Waals surface area (Å²) in [6.45, 7) is 4.62. The zero-order valence-electron chi connectivity index (χ0n) is 13.7. The van der Waals surface area contributed by atoms with Crippen molar-refractivity contribution in [2.45, 2.75) is 76.5 Å². The molecule has 5 heteroatoms. The van der Waals surface area contributed by atoms with Crippen LogP contribution in [0.1, 0.15) is 58.8 Å². The van der Waals surface area contributed by atoms with Gasteiger partial charge in [-0.1, -0.05) is 0 Å². The average molecular weight is 301 g/mol. The van der Waals surface area contributed by atoms with Crippen molar-refractivity contribution in [2.24, 2.45) is 5.73 Å². The molecule has 1 rings (SSSR count). The van der Waals surface area contributed by atoms with Gasteiger partial charge in [-0.2, -0.15) is 0 Å². The number of rotatable bonds is 9. The Morgan fingerprint density at radius 2 is 2.00 bits per heavy atom. The first-order valence-electron chi connectivity index (χ1n) is 8.10. The fourth-order valence-electron chi connectivity index (χ4n) is 2.71. The van der Waals surface area contributed by atoms with E-state index < -0.39 is 5.54 Å². The average Bonchev–Trinajstić information content (AvgIpc) is 2.47. The molecule has 2 N–H and O–H groups in total.